The van der Waals surface area contributed by atoms with Gasteiger partial charge in [-0.05, 0) is 40.6 Å². The number of anilines is 1. The van der Waals surface area contributed by atoms with Crippen LogP contribution >= 0.6 is 0 Å². The Balaban J connectivity index is 1.77. The first-order valence-electron chi connectivity index (χ1n) is 8.14. The monoisotopic (exact) mass is 332 g/mol. The van der Waals surface area contributed by atoms with Gasteiger partial charge in [-0.1, -0.05) is 42.5 Å². The maximum absolute atomic E-state index is 12.7. The molecule has 126 valence electrons. The van der Waals surface area contributed by atoms with E-state index < -0.39 is 0 Å². The van der Waals surface area contributed by atoms with E-state index in [-0.39, 0.29) is 11.8 Å². The summed E-state index contributed by atoms with van der Waals surface area (Å²) in [7, 11) is 1.80. The molecule has 3 rings (SSSR count). The van der Waals surface area contributed by atoms with Gasteiger partial charge in [-0.2, -0.15) is 0 Å². The minimum Gasteiger partial charge on any atom is -0.337 e. The first kappa shape index (κ1) is 16.7. The molecule has 4 nitrogen and oxygen atoms in total. The van der Waals surface area contributed by atoms with Crippen LogP contribution in [-0.4, -0.2) is 23.8 Å². The van der Waals surface area contributed by atoms with Crippen LogP contribution in [-0.2, 0) is 11.3 Å². The van der Waals surface area contributed by atoms with E-state index >= 15 is 0 Å². The summed E-state index contributed by atoms with van der Waals surface area (Å²) in [5.41, 5.74) is 2.39. The molecule has 0 aliphatic rings. The van der Waals surface area contributed by atoms with E-state index in [0.29, 0.717) is 17.8 Å². The lowest BCUT2D eigenvalue weighted by atomic mass is 10.0. The summed E-state index contributed by atoms with van der Waals surface area (Å²) in [6, 6.07) is 21.2. The van der Waals surface area contributed by atoms with Crippen LogP contribution in [0.5, 0.6) is 0 Å². The van der Waals surface area contributed by atoms with E-state index in [2.05, 4.69) is 23.5 Å². The van der Waals surface area contributed by atoms with E-state index in [1.54, 1.807) is 36.2 Å². The third-order valence-electron chi connectivity index (χ3n) is 4.09. The van der Waals surface area contributed by atoms with Crippen molar-refractivity contribution < 1.29 is 9.59 Å². The number of nitrogens with zero attached hydrogens (tertiary/aromatic N) is 1. The molecule has 0 aliphatic carbocycles. The highest BCUT2D eigenvalue weighted by Gasteiger charge is 2.13. The van der Waals surface area contributed by atoms with Crippen LogP contribution in [0.25, 0.3) is 10.8 Å². The van der Waals surface area contributed by atoms with E-state index in [4.69, 9.17) is 0 Å². The fraction of sp³-hybridized carbons (Fsp3) is 0.143. The van der Waals surface area contributed by atoms with Gasteiger partial charge in [-0.25, -0.2) is 0 Å². The standard InChI is InChI=1S/C21H20N2O2/c1-15(24)22-19-12-10-17(11-13-19)21(25)23(2)14-18-8-5-7-16-6-3-4-9-20(16)18/h3-13H,14H2,1-2H3,(H,22,24). The average Bonchev–Trinajstić information content (AvgIpc) is 2.61. The van der Waals surface area contributed by atoms with Crippen molar-refractivity contribution in [1.29, 1.82) is 0 Å². The van der Waals surface area contributed by atoms with Crippen LogP contribution in [0.2, 0.25) is 0 Å². The van der Waals surface area contributed by atoms with E-state index in [9.17, 15) is 9.59 Å². The van der Waals surface area contributed by atoms with E-state index in [1.165, 1.54) is 12.3 Å². The lowest BCUT2D eigenvalue weighted by Gasteiger charge is -2.19. The quantitative estimate of drug-likeness (QED) is 0.783. The highest BCUT2D eigenvalue weighted by molar-refractivity contribution is 5.95. The van der Waals surface area contributed by atoms with Gasteiger partial charge >= 0.3 is 0 Å². The summed E-state index contributed by atoms with van der Waals surface area (Å²) in [6.07, 6.45) is 0. The minimum atomic E-state index is -0.132. The topological polar surface area (TPSA) is 49.4 Å². The van der Waals surface area contributed by atoms with Gasteiger partial charge in [0.05, 0.1) is 0 Å². The Morgan fingerprint density at radius 3 is 2.32 bits per heavy atom. The van der Waals surface area contributed by atoms with E-state index in [1.807, 2.05) is 24.3 Å². The van der Waals surface area contributed by atoms with Crippen LogP contribution in [0.15, 0.2) is 66.7 Å². The molecule has 3 aromatic rings. The second kappa shape index (κ2) is 7.18. The summed E-state index contributed by atoms with van der Waals surface area (Å²) in [5.74, 6) is -0.186. The van der Waals surface area contributed by atoms with Gasteiger partial charge in [0.15, 0.2) is 0 Å². The molecule has 0 atom stereocenters. The van der Waals surface area contributed by atoms with Crippen molar-refractivity contribution in [2.45, 2.75) is 13.5 Å². The van der Waals surface area contributed by atoms with Gasteiger partial charge in [-0.15, -0.1) is 0 Å². The third kappa shape index (κ3) is 3.86. The summed E-state index contributed by atoms with van der Waals surface area (Å²) >= 11 is 0. The Morgan fingerprint density at radius 1 is 0.920 bits per heavy atom. The van der Waals surface area contributed by atoms with Gasteiger partial charge in [0.1, 0.15) is 0 Å². The SMILES string of the molecule is CC(=O)Nc1ccc(C(=O)N(C)Cc2cccc3ccccc23)cc1. The van der Waals surface area contributed by atoms with E-state index in [0.717, 1.165) is 10.9 Å². The molecule has 0 saturated carbocycles. The Labute approximate surface area is 147 Å². The highest BCUT2D eigenvalue weighted by Crippen LogP contribution is 2.20. The van der Waals surface area contributed by atoms with Crippen molar-refractivity contribution in [3.63, 3.8) is 0 Å². The third-order valence-corrected chi connectivity index (χ3v) is 4.09. The average molecular weight is 332 g/mol. The molecule has 2 amide bonds. The summed E-state index contributed by atoms with van der Waals surface area (Å²) in [4.78, 5) is 25.4. The maximum Gasteiger partial charge on any atom is 0.253 e. The van der Waals surface area contributed by atoms with Crippen LogP contribution in [0.1, 0.15) is 22.8 Å². The normalized spacial score (nSPS) is 10.5. The summed E-state index contributed by atoms with van der Waals surface area (Å²) in [5, 5.41) is 5.02. The predicted molar refractivity (Wildman–Crippen MR) is 100 cm³/mol. The number of rotatable bonds is 4. The maximum atomic E-state index is 12.7. The first-order chi connectivity index (χ1) is 12.0. The van der Waals surface area contributed by atoms with Gasteiger partial charge in [0, 0.05) is 31.8 Å². The molecule has 0 aromatic heterocycles. The molecule has 25 heavy (non-hydrogen) atoms. The fourth-order valence-corrected chi connectivity index (χ4v) is 2.88. The van der Waals surface area contributed by atoms with Gasteiger partial charge in [0.25, 0.3) is 5.91 Å². The molecule has 0 fully saturated rings. The molecule has 0 aliphatic heterocycles. The summed E-state index contributed by atoms with van der Waals surface area (Å²) in [6.45, 7) is 1.99. The number of amides is 2. The first-order valence-corrected chi connectivity index (χ1v) is 8.14. The molecule has 4 heteroatoms. The van der Waals surface area contributed by atoms with Crippen molar-refractivity contribution in [3.05, 3.63) is 77.9 Å². The second-order valence-corrected chi connectivity index (χ2v) is 6.06. The molecule has 1 N–H and O–H groups in total. The molecular weight excluding hydrogens is 312 g/mol. The molecule has 0 unspecified atom stereocenters. The Bertz CT molecular complexity index is 911. The largest absolute Gasteiger partial charge is 0.337 e. The minimum absolute atomic E-state index is 0.0534. The zero-order chi connectivity index (χ0) is 17.8. The van der Waals surface area contributed by atoms with Crippen LogP contribution in [0, 0.1) is 0 Å². The number of benzene rings is 3. The summed E-state index contributed by atoms with van der Waals surface area (Å²) < 4.78 is 0. The molecular formula is C21H20N2O2. The van der Waals surface area contributed by atoms with Gasteiger partial charge in [-0.3, -0.25) is 9.59 Å². The lowest BCUT2D eigenvalue weighted by Crippen LogP contribution is -2.26. The number of nitrogens with one attached hydrogen (secondary N) is 1. The molecule has 0 saturated heterocycles. The van der Waals surface area contributed by atoms with Crippen molar-refractivity contribution >= 4 is 28.3 Å². The number of hydrogen-bond acceptors (Lipinski definition) is 2. The Hall–Kier alpha value is -3.14. The number of carbonyl (C=O) groups is 2. The van der Waals surface area contributed by atoms with Gasteiger partial charge in [0.2, 0.25) is 5.91 Å². The highest BCUT2D eigenvalue weighted by atomic mass is 16.2. The second-order valence-electron chi connectivity index (χ2n) is 6.06. The molecule has 0 bridgehead atoms. The fourth-order valence-electron chi connectivity index (χ4n) is 2.88. The molecule has 0 radical (unpaired) electrons. The smallest absolute Gasteiger partial charge is 0.253 e. The number of hydrogen-bond donors (Lipinski definition) is 1. The van der Waals surface area contributed by atoms with Crippen LogP contribution < -0.4 is 5.32 Å². The van der Waals surface area contributed by atoms with Crippen molar-refractivity contribution in [3.8, 4) is 0 Å². The van der Waals surface area contributed by atoms with Crippen LogP contribution in [0.3, 0.4) is 0 Å². The van der Waals surface area contributed by atoms with Crippen molar-refractivity contribution in [2.24, 2.45) is 0 Å². The van der Waals surface area contributed by atoms with Gasteiger partial charge < -0.3 is 10.2 Å². The lowest BCUT2D eigenvalue weighted by molar-refractivity contribution is -0.114. The Kier molecular flexibility index (Phi) is 4.80. The number of fused-ring (bicyclic) bond motifs is 1. The Morgan fingerprint density at radius 2 is 1.60 bits per heavy atom. The number of carbonyl (C=O) groups excluding carboxylic acids is 2. The van der Waals surface area contributed by atoms with Crippen molar-refractivity contribution in [1.82, 2.24) is 4.90 Å². The zero-order valence-corrected chi connectivity index (χ0v) is 14.3. The molecule has 0 spiro atoms. The zero-order valence-electron chi connectivity index (χ0n) is 14.3. The molecule has 0 heterocycles. The predicted octanol–water partition coefficient (Wildman–Crippen LogP) is 4.07. The van der Waals surface area contributed by atoms with Crippen molar-refractivity contribution in [2.75, 3.05) is 12.4 Å². The molecule has 3 aromatic carbocycles. The van der Waals surface area contributed by atoms with Crippen LogP contribution in [0.4, 0.5) is 5.69 Å².